The van der Waals surface area contributed by atoms with Gasteiger partial charge in [0.25, 0.3) is 0 Å². The van der Waals surface area contributed by atoms with Crippen molar-refractivity contribution in [2.75, 3.05) is 28.3 Å². The quantitative estimate of drug-likeness (QED) is 0.798. The summed E-state index contributed by atoms with van der Waals surface area (Å²) in [6, 6.07) is 16.2. The van der Waals surface area contributed by atoms with E-state index in [2.05, 4.69) is 10.3 Å². The van der Waals surface area contributed by atoms with Gasteiger partial charge in [-0.3, -0.25) is 9.79 Å². The van der Waals surface area contributed by atoms with Crippen LogP contribution >= 0.6 is 23.4 Å². The van der Waals surface area contributed by atoms with Gasteiger partial charge in [-0.05, 0) is 30.3 Å². The maximum Gasteiger partial charge on any atom is 0.244 e. The highest BCUT2D eigenvalue weighted by molar-refractivity contribution is 8.15. The Morgan fingerprint density at radius 2 is 1.96 bits per heavy atom. The van der Waals surface area contributed by atoms with Crippen molar-refractivity contribution in [1.82, 2.24) is 0 Å². The second-order valence-corrected chi connectivity index (χ2v) is 10.5. The van der Waals surface area contributed by atoms with E-state index < -0.39 is 9.84 Å². The summed E-state index contributed by atoms with van der Waals surface area (Å²) >= 11 is 7.56. The predicted octanol–water partition coefficient (Wildman–Crippen LogP) is 3.05. The van der Waals surface area contributed by atoms with Gasteiger partial charge >= 0.3 is 0 Å². The van der Waals surface area contributed by atoms with Crippen LogP contribution in [0.25, 0.3) is 0 Å². The summed E-state index contributed by atoms with van der Waals surface area (Å²) in [5.74, 6) is -0.0120. The predicted molar refractivity (Wildman–Crippen MR) is 115 cm³/mol. The fourth-order valence-electron chi connectivity index (χ4n) is 3.25. The first-order chi connectivity index (χ1) is 13.4. The third-order valence-corrected chi connectivity index (χ3v) is 8.00. The van der Waals surface area contributed by atoms with Crippen LogP contribution in [0.15, 0.2) is 59.6 Å². The Morgan fingerprint density at radius 3 is 2.68 bits per heavy atom. The summed E-state index contributed by atoms with van der Waals surface area (Å²) in [6.45, 7) is 0.0489. The van der Waals surface area contributed by atoms with E-state index in [1.807, 2.05) is 42.5 Å². The lowest BCUT2D eigenvalue weighted by atomic mass is 10.2. The highest BCUT2D eigenvalue weighted by atomic mass is 35.5. The lowest BCUT2D eigenvalue weighted by molar-refractivity contribution is -0.114. The third kappa shape index (κ3) is 4.34. The highest BCUT2D eigenvalue weighted by Crippen LogP contribution is 2.37. The second kappa shape index (κ2) is 7.77. The largest absolute Gasteiger partial charge is 0.325 e. The molecule has 2 aliphatic rings. The molecule has 4 rings (SSSR count). The van der Waals surface area contributed by atoms with E-state index in [1.165, 1.54) is 11.8 Å². The Bertz CT molecular complexity index is 1030. The summed E-state index contributed by atoms with van der Waals surface area (Å²) in [7, 11) is -3.04. The number of fused-ring (bicyclic) bond motifs is 1. The molecule has 2 atom stereocenters. The van der Waals surface area contributed by atoms with Crippen LogP contribution in [0.2, 0.25) is 5.02 Å². The van der Waals surface area contributed by atoms with Crippen molar-refractivity contribution < 1.29 is 13.2 Å². The van der Waals surface area contributed by atoms with Gasteiger partial charge in [0.2, 0.25) is 5.91 Å². The molecule has 2 aromatic carbocycles. The molecular weight excluding hydrogens is 418 g/mol. The molecule has 6 nitrogen and oxygen atoms in total. The van der Waals surface area contributed by atoms with Gasteiger partial charge in [-0.25, -0.2) is 8.42 Å². The molecule has 0 radical (unpaired) electrons. The number of amides is 1. The molecular formula is C19H18ClN3O3S2. The zero-order valence-corrected chi connectivity index (χ0v) is 17.2. The number of carbonyl (C=O) groups is 1. The molecule has 1 amide bonds. The Kier molecular flexibility index (Phi) is 5.35. The SMILES string of the molecule is O=C(CN(C1=N[C@@H]2CS(=O)(=O)C[C@H]2S1)c1cccc(Cl)c1)Nc1ccccc1. The molecule has 2 aromatic rings. The highest BCUT2D eigenvalue weighted by Gasteiger charge is 2.44. The molecule has 0 aromatic heterocycles. The minimum atomic E-state index is -3.04. The van der Waals surface area contributed by atoms with Gasteiger partial charge < -0.3 is 10.2 Å². The van der Waals surface area contributed by atoms with E-state index in [4.69, 9.17) is 11.6 Å². The topological polar surface area (TPSA) is 78.8 Å². The molecule has 0 aliphatic carbocycles. The number of para-hydroxylation sites is 1. The van der Waals surface area contributed by atoms with Gasteiger partial charge in [0, 0.05) is 21.6 Å². The number of halogens is 1. The van der Waals surface area contributed by atoms with Crippen molar-refractivity contribution in [3.8, 4) is 0 Å². The van der Waals surface area contributed by atoms with Crippen molar-refractivity contribution in [3.05, 3.63) is 59.6 Å². The van der Waals surface area contributed by atoms with E-state index in [0.29, 0.717) is 15.9 Å². The van der Waals surface area contributed by atoms with Gasteiger partial charge in [0.05, 0.1) is 17.5 Å². The van der Waals surface area contributed by atoms with E-state index in [-0.39, 0.29) is 35.2 Å². The zero-order valence-electron chi connectivity index (χ0n) is 14.8. The Balaban J connectivity index is 1.58. The molecule has 28 heavy (non-hydrogen) atoms. The maximum atomic E-state index is 12.6. The monoisotopic (exact) mass is 435 g/mol. The number of thioether (sulfide) groups is 1. The van der Waals surface area contributed by atoms with E-state index in [9.17, 15) is 13.2 Å². The van der Waals surface area contributed by atoms with Crippen LogP contribution in [0.3, 0.4) is 0 Å². The number of amidine groups is 1. The number of rotatable bonds is 4. The molecule has 1 saturated heterocycles. The van der Waals surface area contributed by atoms with Crippen LogP contribution in [0, 0.1) is 0 Å². The summed E-state index contributed by atoms with van der Waals surface area (Å²) in [5.41, 5.74) is 1.45. The number of sulfone groups is 1. The second-order valence-electron chi connectivity index (χ2n) is 6.69. The Hall–Kier alpha value is -2.03. The summed E-state index contributed by atoms with van der Waals surface area (Å²) in [6.07, 6.45) is 0. The van der Waals surface area contributed by atoms with E-state index >= 15 is 0 Å². The molecule has 0 bridgehead atoms. The first kappa shape index (κ1) is 19.3. The molecule has 0 spiro atoms. The first-order valence-corrected chi connectivity index (χ1v) is 11.8. The van der Waals surface area contributed by atoms with E-state index in [1.54, 1.807) is 17.0 Å². The summed E-state index contributed by atoms with van der Waals surface area (Å²) in [5, 5.41) is 3.97. The van der Waals surface area contributed by atoms with Crippen molar-refractivity contribution in [3.63, 3.8) is 0 Å². The van der Waals surface area contributed by atoms with Crippen molar-refractivity contribution in [2.24, 2.45) is 4.99 Å². The number of hydrogen-bond acceptors (Lipinski definition) is 6. The minimum absolute atomic E-state index is 0.0489. The molecule has 0 unspecified atom stereocenters. The molecule has 2 heterocycles. The number of benzene rings is 2. The van der Waals surface area contributed by atoms with Gasteiger partial charge in [0.15, 0.2) is 15.0 Å². The lowest BCUT2D eigenvalue weighted by Crippen LogP contribution is -2.36. The molecule has 9 heteroatoms. The third-order valence-electron chi connectivity index (χ3n) is 4.52. The smallest absolute Gasteiger partial charge is 0.244 e. The Labute approximate surface area is 172 Å². The molecule has 146 valence electrons. The fraction of sp³-hybridized carbons (Fsp3) is 0.263. The van der Waals surface area contributed by atoms with Gasteiger partial charge in [0.1, 0.15) is 6.54 Å². The molecule has 0 saturated carbocycles. The van der Waals surface area contributed by atoms with Crippen molar-refractivity contribution in [1.29, 1.82) is 0 Å². The van der Waals surface area contributed by atoms with E-state index in [0.717, 1.165) is 5.69 Å². The zero-order chi connectivity index (χ0) is 19.7. The minimum Gasteiger partial charge on any atom is -0.325 e. The van der Waals surface area contributed by atoms with Crippen LogP contribution < -0.4 is 10.2 Å². The molecule has 1 fully saturated rings. The van der Waals surface area contributed by atoms with Crippen LogP contribution in [0.5, 0.6) is 0 Å². The molecule has 2 aliphatic heterocycles. The van der Waals surface area contributed by atoms with Crippen molar-refractivity contribution in [2.45, 2.75) is 11.3 Å². The summed E-state index contributed by atoms with van der Waals surface area (Å²) < 4.78 is 23.7. The maximum absolute atomic E-state index is 12.6. The van der Waals surface area contributed by atoms with Crippen LogP contribution in [0.1, 0.15) is 0 Å². The number of anilines is 2. The molecule has 1 N–H and O–H groups in total. The number of nitrogens with one attached hydrogen (secondary N) is 1. The number of aliphatic imine (C=N–C) groups is 1. The fourth-order valence-corrected chi connectivity index (χ4v) is 7.21. The normalized spacial score (nSPS) is 22.4. The average Bonchev–Trinajstić information content (AvgIpc) is 3.14. The van der Waals surface area contributed by atoms with Crippen LogP contribution in [0.4, 0.5) is 11.4 Å². The van der Waals surface area contributed by atoms with Gasteiger partial charge in [-0.2, -0.15) is 0 Å². The van der Waals surface area contributed by atoms with Gasteiger partial charge in [-0.15, -0.1) is 0 Å². The van der Waals surface area contributed by atoms with Gasteiger partial charge in [-0.1, -0.05) is 47.6 Å². The lowest BCUT2D eigenvalue weighted by Gasteiger charge is -2.24. The van der Waals surface area contributed by atoms with Crippen LogP contribution in [-0.2, 0) is 14.6 Å². The average molecular weight is 436 g/mol. The number of hydrogen-bond donors (Lipinski definition) is 1. The summed E-state index contributed by atoms with van der Waals surface area (Å²) in [4.78, 5) is 19.0. The Morgan fingerprint density at radius 1 is 1.18 bits per heavy atom. The van der Waals surface area contributed by atoms with Crippen LogP contribution in [-0.4, -0.2) is 48.8 Å². The number of nitrogens with zero attached hydrogens (tertiary/aromatic N) is 2. The first-order valence-electron chi connectivity index (χ1n) is 8.72. The van der Waals surface area contributed by atoms with Crippen molar-refractivity contribution >= 4 is 55.6 Å². The number of carbonyl (C=O) groups excluding carboxylic acids is 1. The standard InChI is InChI=1S/C19H18ClN3O3S2/c20-13-5-4-8-15(9-13)23(10-18(24)21-14-6-2-1-3-7-14)19-22-16-11-28(25,26)12-17(16)27-19/h1-9,16-17H,10-12H2,(H,21,24)/t16-,17-/m1/s1.